The number of nitrogens with zero attached hydrogens (tertiary/aromatic N) is 1. The number of hydroxylamine groups is 2. The summed E-state index contributed by atoms with van der Waals surface area (Å²) in [6.07, 6.45) is 0. The third-order valence-electron chi connectivity index (χ3n) is 1.74. The van der Waals surface area contributed by atoms with Crippen molar-refractivity contribution < 1.29 is 9.23 Å². The number of rotatable bonds is 3. The first kappa shape index (κ1) is 10.4. The molecule has 0 aromatic heterocycles. The van der Waals surface area contributed by atoms with Crippen molar-refractivity contribution in [2.24, 2.45) is 0 Å². The van der Waals surface area contributed by atoms with Gasteiger partial charge in [-0.05, 0) is 6.07 Å². The first-order chi connectivity index (χ1) is 6.15. The zero-order chi connectivity index (χ0) is 9.84. The summed E-state index contributed by atoms with van der Waals surface area (Å²) < 4.78 is 13.3. The number of hydrogen-bond acceptors (Lipinski definition) is 2. The highest BCUT2D eigenvalue weighted by Crippen LogP contribution is 2.18. The molecule has 1 rings (SSSR count). The van der Waals surface area contributed by atoms with E-state index in [-0.39, 0.29) is 10.8 Å². The van der Waals surface area contributed by atoms with E-state index in [1.807, 2.05) is 0 Å². The van der Waals surface area contributed by atoms with Crippen LogP contribution in [-0.2, 0) is 11.4 Å². The highest BCUT2D eigenvalue weighted by atomic mass is 35.5. The maximum Gasteiger partial charge on any atom is 0.146 e. The van der Waals surface area contributed by atoms with Crippen molar-refractivity contribution in [3.63, 3.8) is 0 Å². The molecule has 4 heteroatoms. The molecule has 0 N–H and O–H groups in total. The smallest absolute Gasteiger partial charge is 0.146 e. The van der Waals surface area contributed by atoms with Crippen molar-refractivity contribution in [1.29, 1.82) is 0 Å². The molecule has 0 radical (unpaired) electrons. The lowest BCUT2D eigenvalue weighted by molar-refractivity contribution is -0.117. The monoisotopic (exact) mass is 203 g/mol. The SMILES string of the molecule is CON(C)Cc1cccc(Cl)c1F. The largest absolute Gasteiger partial charge is 0.302 e. The Bertz CT molecular complexity index is 293. The molecule has 0 bridgehead atoms. The van der Waals surface area contributed by atoms with E-state index in [1.165, 1.54) is 18.2 Å². The predicted octanol–water partition coefficient (Wildman–Crippen LogP) is 2.47. The molecule has 72 valence electrons. The zero-order valence-corrected chi connectivity index (χ0v) is 8.31. The lowest BCUT2D eigenvalue weighted by Gasteiger charge is -2.13. The fourth-order valence-electron chi connectivity index (χ4n) is 0.975. The second-order valence-corrected chi connectivity index (χ2v) is 3.09. The summed E-state index contributed by atoms with van der Waals surface area (Å²) in [7, 11) is 3.25. The summed E-state index contributed by atoms with van der Waals surface area (Å²) in [6.45, 7) is 0.378. The van der Waals surface area contributed by atoms with Gasteiger partial charge in [-0.15, -0.1) is 0 Å². The summed E-state index contributed by atoms with van der Waals surface area (Å²) in [5.74, 6) is -0.381. The summed E-state index contributed by atoms with van der Waals surface area (Å²) in [4.78, 5) is 4.87. The van der Waals surface area contributed by atoms with Crippen molar-refractivity contribution >= 4 is 11.6 Å². The van der Waals surface area contributed by atoms with Gasteiger partial charge in [0.05, 0.1) is 18.7 Å². The Morgan fingerprint density at radius 3 is 2.85 bits per heavy atom. The molecule has 0 aliphatic carbocycles. The zero-order valence-electron chi connectivity index (χ0n) is 7.55. The third kappa shape index (κ3) is 2.66. The molecule has 0 saturated heterocycles. The van der Waals surface area contributed by atoms with Crippen LogP contribution < -0.4 is 0 Å². The first-order valence-corrected chi connectivity index (χ1v) is 4.21. The minimum Gasteiger partial charge on any atom is -0.302 e. The van der Waals surface area contributed by atoms with Gasteiger partial charge < -0.3 is 4.84 Å². The summed E-state index contributed by atoms with van der Waals surface area (Å²) >= 11 is 5.61. The lowest BCUT2D eigenvalue weighted by atomic mass is 10.2. The second-order valence-electron chi connectivity index (χ2n) is 2.68. The van der Waals surface area contributed by atoms with Crippen molar-refractivity contribution in [2.75, 3.05) is 14.2 Å². The van der Waals surface area contributed by atoms with Gasteiger partial charge in [-0.25, -0.2) is 4.39 Å². The van der Waals surface area contributed by atoms with E-state index >= 15 is 0 Å². The van der Waals surface area contributed by atoms with Gasteiger partial charge in [-0.2, -0.15) is 5.06 Å². The number of benzene rings is 1. The van der Waals surface area contributed by atoms with Crippen LogP contribution in [0.1, 0.15) is 5.56 Å². The second kappa shape index (κ2) is 4.56. The molecule has 0 fully saturated rings. The third-order valence-corrected chi connectivity index (χ3v) is 2.03. The van der Waals surface area contributed by atoms with E-state index in [9.17, 15) is 4.39 Å². The van der Waals surface area contributed by atoms with E-state index < -0.39 is 0 Å². The van der Waals surface area contributed by atoms with Gasteiger partial charge in [-0.3, -0.25) is 0 Å². The standard InChI is InChI=1S/C9H11ClFNO/c1-12(13-2)6-7-4-3-5-8(10)9(7)11/h3-5H,6H2,1-2H3. The molecule has 0 heterocycles. The Morgan fingerprint density at radius 2 is 2.23 bits per heavy atom. The average Bonchev–Trinajstić information content (AvgIpc) is 2.13. The average molecular weight is 204 g/mol. The Balaban J connectivity index is 2.83. The molecule has 13 heavy (non-hydrogen) atoms. The lowest BCUT2D eigenvalue weighted by Crippen LogP contribution is -2.16. The Morgan fingerprint density at radius 1 is 1.54 bits per heavy atom. The highest BCUT2D eigenvalue weighted by Gasteiger charge is 2.07. The fourth-order valence-corrected chi connectivity index (χ4v) is 1.17. The molecule has 0 atom stereocenters. The van der Waals surface area contributed by atoms with Gasteiger partial charge in [0.2, 0.25) is 0 Å². The summed E-state index contributed by atoms with van der Waals surface area (Å²) in [5.41, 5.74) is 0.525. The van der Waals surface area contributed by atoms with Crippen LogP contribution in [0, 0.1) is 5.82 Å². The Kier molecular flexibility index (Phi) is 3.66. The van der Waals surface area contributed by atoms with Crippen LogP contribution in [0.25, 0.3) is 0 Å². The molecular weight excluding hydrogens is 193 g/mol. The molecular formula is C9H11ClFNO. The van der Waals surface area contributed by atoms with E-state index in [2.05, 4.69) is 0 Å². The highest BCUT2D eigenvalue weighted by molar-refractivity contribution is 6.30. The van der Waals surface area contributed by atoms with E-state index in [1.54, 1.807) is 19.2 Å². The number of hydrogen-bond donors (Lipinski definition) is 0. The van der Waals surface area contributed by atoms with E-state index in [0.29, 0.717) is 12.1 Å². The van der Waals surface area contributed by atoms with E-state index in [4.69, 9.17) is 16.4 Å². The van der Waals surface area contributed by atoms with Crippen LogP contribution in [0.3, 0.4) is 0 Å². The Labute approximate surface area is 81.8 Å². The molecule has 1 aromatic carbocycles. The Hall–Kier alpha value is -0.640. The van der Waals surface area contributed by atoms with Crippen LogP contribution in [0.2, 0.25) is 5.02 Å². The molecule has 0 aliphatic rings. The molecule has 0 spiro atoms. The van der Waals surface area contributed by atoms with Crippen LogP contribution in [0.15, 0.2) is 18.2 Å². The fraction of sp³-hybridized carbons (Fsp3) is 0.333. The van der Waals surface area contributed by atoms with Gasteiger partial charge in [0, 0.05) is 12.6 Å². The van der Waals surface area contributed by atoms with Gasteiger partial charge in [-0.1, -0.05) is 23.7 Å². The quantitative estimate of drug-likeness (QED) is 0.700. The minimum atomic E-state index is -0.381. The molecule has 0 unspecified atom stereocenters. The maximum absolute atomic E-state index is 13.3. The van der Waals surface area contributed by atoms with Crippen molar-refractivity contribution in [3.8, 4) is 0 Å². The molecule has 0 amide bonds. The topological polar surface area (TPSA) is 12.5 Å². The van der Waals surface area contributed by atoms with Crippen molar-refractivity contribution in [3.05, 3.63) is 34.6 Å². The van der Waals surface area contributed by atoms with Gasteiger partial charge >= 0.3 is 0 Å². The molecule has 0 aliphatic heterocycles. The van der Waals surface area contributed by atoms with Crippen LogP contribution in [0.5, 0.6) is 0 Å². The predicted molar refractivity (Wildman–Crippen MR) is 49.9 cm³/mol. The molecule has 1 aromatic rings. The van der Waals surface area contributed by atoms with Crippen molar-refractivity contribution in [1.82, 2.24) is 5.06 Å². The number of halogens is 2. The van der Waals surface area contributed by atoms with Crippen molar-refractivity contribution in [2.45, 2.75) is 6.54 Å². The van der Waals surface area contributed by atoms with Gasteiger partial charge in [0.15, 0.2) is 0 Å². The molecule has 0 saturated carbocycles. The van der Waals surface area contributed by atoms with Crippen LogP contribution in [-0.4, -0.2) is 19.2 Å². The first-order valence-electron chi connectivity index (χ1n) is 3.83. The minimum absolute atomic E-state index is 0.141. The van der Waals surface area contributed by atoms with Gasteiger partial charge in [0.25, 0.3) is 0 Å². The summed E-state index contributed by atoms with van der Waals surface area (Å²) in [6, 6.07) is 4.91. The van der Waals surface area contributed by atoms with Crippen LogP contribution in [0.4, 0.5) is 4.39 Å². The van der Waals surface area contributed by atoms with Gasteiger partial charge in [0.1, 0.15) is 5.82 Å². The summed E-state index contributed by atoms with van der Waals surface area (Å²) in [5, 5.41) is 1.66. The maximum atomic E-state index is 13.3. The molecule has 2 nitrogen and oxygen atoms in total. The van der Waals surface area contributed by atoms with E-state index in [0.717, 1.165) is 0 Å². The van der Waals surface area contributed by atoms with Crippen LogP contribution >= 0.6 is 11.6 Å². The normalized spacial score (nSPS) is 10.8.